The molecule has 0 saturated heterocycles. The quantitative estimate of drug-likeness (QED) is 0.572. The first-order valence-corrected chi connectivity index (χ1v) is 10.1. The van der Waals surface area contributed by atoms with E-state index in [9.17, 15) is 22.8 Å². The van der Waals surface area contributed by atoms with E-state index in [0.29, 0.717) is 22.0 Å². The van der Waals surface area contributed by atoms with Gasteiger partial charge >= 0.3 is 12.1 Å². The van der Waals surface area contributed by atoms with Crippen molar-refractivity contribution in [1.82, 2.24) is 19.7 Å². The van der Waals surface area contributed by atoms with Gasteiger partial charge in [0.15, 0.2) is 5.82 Å². The summed E-state index contributed by atoms with van der Waals surface area (Å²) in [6.45, 7) is -0.353. The fourth-order valence-electron chi connectivity index (χ4n) is 3.23. The zero-order chi connectivity index (χ0) is 22.9. The van der Waals surface area contributed by atoms with Crippen molar-refractivity contribution in [3.05, 3.63) is 69.6 Å². The lowest BCUT2D eigenvalue weighted by atomic mass is 10.2. The number of hydrogen-bond acceptors (Lipinski definition) is 4. The highest BCUT2D eigenvalue weighted by Crippen LogP contribution is 2.36. The Labute approximate surface area is 185 Å². The molecule has 4 rings (SSSR count). The molecule has 2 aromatic carbocycles. The molecule has 1 saturated carbocycles. The summed E-state index contributed by atoms with van der Waals surface area (Å²) in [4.78, 5) is 25.2. The lowest BCUT2D eigenvalue weighted by molar-refractivity contribution is -0.274. The third-order valence-corrected chi connectivity index (χ3v) is 5.05. The second kappa shape index (κ2) is 8.70. The molecule has 1 aliphatic rings. The highest BCUT2D eigenvalue weighted by atomic mass is 35.5. The van der Waals surface area contributed by atoms with E-state index < -0.39 is 18.0 Å². The molecule has 7 nitrogen and oxygen atoms in total. The van der Waals surface area contributed by atoms with Crippen LogP contribution in [0.5, 0.6) is 5.75 Å². The fourth-order valence-corrected chi connectivity index (χ4v) is 3.35. The Morgan fingerprint density at radius 3 is 2.56 bits per heavy atom. The van der Waals surface area contributed by atoms with Crippen LogP contribution in [0.1, 0.15) is 24.4 Å². The molecule has 11 heteroatoms. The standard InChI is InChI=1S/C21H18ClF3N4O3/c22-15-6-4-14(5-7-15)19-27-28(20(31)29(19)16-8-9-16)12-18(30)26-11-13-2-1-3-17(10-13)32-21(23,24)25/h1-7,10,16H,8-9,11-12H2,(H,26,30). The van der Waals surface area contributed by atoms with Gasteiger partial charge in [-0.3, -0.25) is 9.36 Å². The minimum atomic E-state index is -4.80. The summed E-state index contributed by atoms with van der Waals surface area (Å²) in [6.07, 6.45) is -3.09. The minimum Gasteiger partial charge on any atom is -0.406 e. The van der Waals surface area contributed by atoms with E-state index in [1.54, 1.807) is 34.9 Å². The van der Waals surface area contributed by atoms with Crippen LogP contribution in [-0.2, 0) is 17.9 Å². The van der Waals surface area contributed by atoms with Gasteiger partial charge < -0.3 is 10.1 Å². The van der Waals surface area contributed by atoms with Gasteiger partial charge in [0.2, 0.25) is 5.91 Å². The van der Waals surface area contributed by atoms with Gasteiger partial charge in [0.1, 0.15) is 12.3 Å². The second-order valence-electron chi connectivity index (χ2n) is 7.34. The molecule has 1 aliphatic carbocycles. The molecular formula is C21H18ClF3N4O3. The summed E-state index contributed by atoms with van der Waals surface area (Å²) < 4.78 is 43.6. The van der Waals surface area contributed by atoms with Gasteiger partial charge in [0, 0.05) is 23.2 Å². The lowest BCUT2D eigenvalue weighted by Gasteiger charge is -2.10. The summed E-state index contributed by atoms with van der Waals surface area (Å²) in [7, 11) is 0. The molecule has 1 fully saturated rings. The van der Waals surface area contributed by atoms with Crippen LogP contribution in [0.15, 0.2) is 53.3 Å². The maximum Gasteiger partial charge on any atom is 0.573 e. The van der Waals surface area contributed by atoms with Crippen molar-refractivity contribution in [2.75, 3.05) is 0 Å². The first kappa shape index (κ1) is 21.9. The average molecular weight is 467 g/mol. The number of aromatic nitrogens is 3. The maximum absolute atomic E-state index is 12.8. The Kier molecular flexibility index (Phi) is 5.96. The van der Waals surface area contributed by atoms with Gasteiger partial charge in [-0.1, -0.05) is 23.7 Å². The van der Waals surface area contributed by atoms with Crippen molar-refractivity contribution >= 4 is 17.5 Å². The van der Waals surface area contributed by atoms with Crippen LogP contribution in [0.4, 0.5) is 13.2 Å². The largest absolute Gasteiger partial charge is 0.573 e. The van der Waals surface area contributed by atoms with Crippen LogP contribution in [0.2, 0.25) is 5.02 Å². The Morgan fingerprint density at radius 1 is 1.19 bits per heavy atom. The number of carbonyl (C=O) groups is 1. The molecule has 1 N–H and O–H groups in total. The number of alkyl halides is 3. The predicted octanol–water partition coefficient (Wildman–Crippen LogP) is 3.92. The van der Waals surface area contributed by atoms with E-state index in [0.717, 1.165) is 17.5 Å². The molecule has 0 aliphatic heterocycles. The highest BCUT2D eigenvalue weighted by molar-refractivity contribution is 6.30. The number of carbonyl (C=O) groups excluding carboxylic acids is 1. The molecule has 0 atom stereocenters. The van der Waals surface area contributed by atoms with Gasteiger partial charge in [-0.15, -0.1) is 18.3 Å². The SMILES string of the molecule is O=C(Cn1nc(-c2ccc(Cl)cc2)n(C2CC2)c1=O)NCc1cccc(OC(F)(F)F)c1. The molecule has 3 aromatic rings. The summed E-state index contributed by atoms with van der Waals surface area (Å²) in [6, 6.07) is 12.2. The summed E-state index contributed by atoms with van der Waals surface area (Å²) >= 11 is 5.94. The Morgan fingerprint density at radius 2 is 1.91 bits per heavy atom. The molecule has 0 bridgehead atoms. The van der Waals surface area contributed by atoms with Gasteiger partial charge in [-0.05, 0) is 54.8 Å². The highest BCUT2D eigenvalue weighted by Gasteiger charge is 2.31. The molecule has 168 valence electrons. The third-order valence-electron chi connectivity index (χ3n) is 4.80. The number of amides is 1. The van der Waals surface area contributed by atoms with Crippen LogP contribution in [0, 0.1) is 0 Å². The van der Waals surface area contributed by atoms with Crippen molar-refractivity contribution < 1.29 is 22.7 Å². The van der Waals surface area contributed by atoms with Crippen LogP contribution in [0.3, 0.4) is 0 Å². The summed E-state index contributed by atoms with van der Waals surface area (Å²) in [5, 5.41) is 7.48. The van der Waals surface area contributed by atoms with Crippen molar-refractivity contribution in [2.45, 2.75) is 38.3 Å². The molecule has 32 heavy (non-hydrogen) atoms. The number of nitrogens with zero attached hydrogens (tertiary/aromatic N) is 3. The van der Waals surface area contributed by atoms with E-state index in [2.05, 4.69) is 15.2 Å². The van der Waals surface area contributed by atoms with Crippen molar-refractivity contribution in [3.63, 3.8) is 0 Å². The van der Waals surface area contributed by atoms with Gasteiger partial charge in [-0.25, -0.2) is 9.48 Å². The normalized spacial score (nSPS) is 13.8. The monoisotopic (exact) mass is 466 g/mol. The first-order valence-electron chi connectivity index (χ1n) is 9.76. The number of rotatable bonds is 7. The van der Waals surface area contributed by atoms with Crippen molar-refractivity contribution in [2.24, 2.45) is 0 Å². The van der Waals surface area contributed by atoms with Crippen molar-refractivity contribution in [1.29, 1.82) is 0 Å². The molecule has 1 aromatic heterocycles. The zero-order valence-corrected chi connectivity index (χ0v) is 17.4. The number of hydrogen-bond donors (Lipinski definition) is 1. The number of ether oxygens (including phenoxy) is 1. The Bertz CT molecular complexity index is 1180. The van der Waals surface area contributed by atoms with Gasteiger partial charge in [-0.2, -0.15) is 0 Å². The number of halogens is 4. The summed E-state index contributed by atoms with van der Waals surface area (Å²) in [5.41, 5.74) is 0.727. The smallest absolute Gasteiger partial charge is 0.406 e. The molecule has 0 radical (unpaired) electrons. The maximum atomic E-state index is 12.8. The zero-order valence-electron chi connectivity index (χ0n) is 16.6. The third kappa shape index (κ3) is 5.31. The van der Waals surface area contributed by atoms with E-state index >= 15 is 0 Å². The molecular weight excluding hydrogens is 449 g/mol. The average Bonchev–Trinajstić information content (AvgIpc) is 3.51. The topological polar surface area (TPSA) is 78.2 Å². The first-order chi connectivity index (χ1) is 15.2. The van der Waals surface area contributed by atoms with Crippen LogP contribution in [-0.4, -0.2) is 26.6 Å². The van der Waals surface area contributed by atoms with E-state index in [-0.39, 0.29) is 24.9 Å². The van der Waals surface area contributed by atoms with Gasteiger partial charge in [0.05, 0.1) is 0 Å². The molecule has 0 spiro atoms. The van der Waals surface area contributed by atoms with E-state index in [1.807, 2.05) is 0 Å². The second-order valence-corrected chi connectivity index (χ2v) is 7.78. The number of nitrogens with one attached hydrogen (secondary N) is 1. The minimum absolute atomic E-state index is 0.0317. The summed E-state index contributed by atoms with van der Waals surface area (Å²) in [5.74, 6) is -0.424. The van der Waals surface area contributed by atoms with Gasteiger partial charge in [0.25, 0.3) is 0 Å². The molecule has 0 unspecified atom stereocenters. The van der Waals surface area contributed by atoms with Crippen molar-refractivity contribution in [3.8, 4) is 17.1 Å². The van der Waals surface area contributed by atoms with E-state index in [1.165, 1.54) is 18.2 Å². The number of benzene rings is 2. The Balaban J connectivity index is 1.46. The van der Waals surface area contributed by atoms with Crippen LogP contribution in [0.25, 0.3) is 11.4 Å². The molecule has 1 amide bonds. The van der Waals surface area contributed by atoms with E-state index in [4.69, 9.17) is 11.6 Å². The van der Waals surface area contributed by atoms with Crippen LogP contribution >= 0.6 is 11.6 Å². The molecule has 1 heterocycles. The Hall–Kier alpha value is -3.27. The fraction of sp³-hybridized carbons (Fsp3) is 0.286. The van der Waals surface area contributed by atoms with Crippen LogP contribution < -0.4 is 15.7 Å². The predicted molar refractivity (Wildman–Crippen MR) is 110 cm³/mol. The lowest BCUT2D eigenvalue weighted by Crippen LogP contribution is -2.33.